The van der Waals surface area contributed by atoms with Gasteiger partial charge >= 0.3 is 0 Å². The van der Waals surface area contributed by atoms with E-state index < -0.39 is 0 Å². The minimum atomic E-state index is 0. The molecule has 2 rings (SSSR count). The first kappa shape index (κ1) is 28.7. The van der Waals surface area contributed by atoms with Crippen LogP contribution in [0, 0.1) is 13.5 Å². The smallest absolute Gasteiger partial charge is 0 e. The number of hydrogen-bond donors (Lipinski definition) is 0. The summed E-state index contributed by atoms with van der Waals surface area (Å²) in [6.45, 7) is 12.0. The molecule has 0 bridgehead atoms. The van der Waals surface area contributed by atoms with E-state index in [9.17, 15) is 0 Å². The van der Waals surface area contributed by atoms with Gasteiger partial charge in [-0.25, -0.2) is 0 Å². The van der Waals surface area contributed by atoms with Crippen molar-refractivity contribution in [3.8, 4) is 0 Å². The maximum atomic E-state index is 3.02. The molecule has 0 aliphatic heterocycles. The second kappa shape index (κ2) is 24.6. The molecule has 0 heterocycles. The van der Waals surface area contributed by atoms with Gasteiger partial charge in [0.25, 0.3) is 0 Å². The molecule has 0 fully saturated rings. The summed E-state index contributed by atoms with van der Waals surface area (Å²) in [6.07, 6.45) is 1.01. The molecule has 2 aromatic carbocycles. The van der Waals surface area contributed by atoms with E-state index >= 15 is 0 Å². The average Bonchev–Trinajstić information content (AvgIpc) is 2.55. The Bertz CT molecular complexity index is 317. The fourth-order valence-electron chi connectivity index (χ4n) is 1.37. The molecule has 1 heteroatoms. The predicted octanol–water partition coefficient (Wildman–Crippen LogP) is 6.60. The Labute approximate surface area is 159 Å². The molecule has 0 aromatic heterocycles. The third kappa shape index (κ3) is 15.7. The molecule has 0 N–H and O–H groups in total. The van der Waals surface area contributed by atoms with Gasteiger partial charge in [-0.3, -0.25) is 0 Å². The Morgan fingerprint density at radius 1 is 0.667 bits per heavy atom. The second-order valence-electron chi connectivity index (χ2n) is 3.07. The van der Waals surface area contributed by atoms with Crippen molar-refractivity contribution < 1.29 is 32.7 Å². The Hall–Kier alpha value is -0.456. The molecular weight excluding hydrogens is 329 g/mol. The minimum absolute atomic E-state index is 0. The normalized spacial score (nSPS) is 6.95. The summed E-state index contributed by atoms with van der Waals surface area (Å²) in [5.74, 6) is 0. The van der Waals surface area contributed by atoms with Crippen LogP contribution in [0.15, 0.2) is 54.6 Å². The van der Waals surface area contributed by atoms with Crippen LogP contribution < -0.4 is 0 Å². The van der Waals surface area contributed by atoms with Crippen molar-refractivity contribution >= 4 is 0 Å². The van der Waals surface area contributed by atoms with Crippen LogP contribution in [0.1, 0.15) is 52.7 Å². The molecule has 0 aliphatic rings. The molecule has 0 spiro atoms. The average molecular weight is 361 g/mol. The second-order valence-corrected chi connectivity index (χ2v) is 3.07. The van der Waals surface area contributed by atoms with Crippen molar-refractivity contribution in [2.45, 2.75) is 48.0 Å². The zero-order valence-corrected chi connectivity index (χ0v) is 17.8. The summed E-state index contributed by atoms with van der Waals surface area (Å²) in [5, 5.41) is 0. The monoisotopic (exact) mass is 361 g/mol. The van der Waals surface area contributed by atoms with Crippen molar-refractivity contribution in [3.63, 3.8) is 0 Å². The summed E-state index contributed by atoms with van der Waals surface area (Å²) in [7, 11) is 0. The molecule has 0 aliphatic carbocycles. The summed E-state index contributed by atoms with van der Waals surface area (Å²) >= 11 is 0. The Morgan fingerprint density at radius 3 is 1.48 bits per heavy atom. The van der Waals surface area contributed by atoms with Gasteiger partial charge in [0.05, 0.1) is 0 Å². The van der Waals surface area contributed by atoms with E-state index in [1.54, 1.807) is 0 Å². The maximum Gasteiger partial charge on any atom is 0 e. The Balaban J connectivity index is -0.000000162. The molecule has 0 saturated heterocycles. The summed E-state index contributed by atoms with van der Waals surface area (Å²) in [4.78, 5) is 0. The molecule has 0 nitrogen and oxygen atoms in total. The van der Waals surface area contributed by atoms with Crippen LogP contribution >= 0.6 is 0 Å². The van der Waals surface area contributed by atoms with Crippen LogP contribution in [-0.2, 0) is 39.1 Å². The molecule has 2 aromatic rings. The van der Waals surface area contributed by atoms with Gasteiger partial charge in [-0.15, -0.1) is 0 Å². The minimum Gasteiger partial charge on any atom is -0.358 e. The first-order valence-electron chi connectivity index (χ1n) is 7.44. The molecule has 1 radical (unpaired) electrons. The molecular formula is C20H32Y-2. The van der Waals surface area contributed by atoms with Crippen LogP contribution in [0.3, 0.4) is 0 Å². The van der Waals surface area contributed by atoms with Crippen LogP contribution in [-0.4, -0.2) is 0 Å². The van der Waals surface area contributed by atoms with Gasteiger partial charge in [-0.05, 0) is 12.0 Å². The van der Waals surface area contributed by atoms with Gasteiger partial charge < -0.3 is 7.43 Å². The van der Waals surface area contributed by atoms with E-state index in [2.05, 4.69) is 42.5 Å². The molecule has 0 saturated carbocycles. The Kier molecular flexibility index (Phi) is 33.5. The molecule has 0 atom stereocenters. The van der Waals surface area contributed by atoms with Crippen LogP contribution in [0.25, 0.3) is 0 Å². The van der Waals surface area contributed by atoms with Crippen molar-refractivity contribution in [3.05, 3.63) is 79.2 Å². The molecule has 0 amide bonds. The van der Waals surface area contributed by atoms with Gasteiger partial charge in [0.1, 0.15) is 0 Å². The first-order chi connectivity index (χ1) is 9.45. The first-order valence-corrected chi connectivity index (χ1v) is 7.44. The predicted molar refractivity (Wildman–Crippen MR) is 95.0 cm³/mol. The van der Waals surface area contributed by atoms with Gasteiger partial charge in [-0.1, -0.05) is 71.9 Å². The van der Waals surface area contributed by atoms with Gasteiger partial charge in [0, 0.05) is 32.7 Å². The standard InChI is InChI=1S/C13H11.3C2H6.CH3.Y/c1-3-7-12(8-4-1)11-13-9-5-2-6-10-13;3*1-2;;/h1,3-10H,11H2;3*1-2H3;1H3;/q-1;;;;-1;. The van der Waals surface area contributed by atoms with E-state index in [4.69, 9.17) is 0 Å². The molecule has 117 valence electrons. The third-order valence-corrected chi connectivity index (χ3v) is 2.04. The molecule has 21 heavy (non-hydrogen) atoms. The van der Waals surface area contributed by atoms with Gasteiger partial charge in [0.2, 0.25) is 0 Å². The topological polar surface area (TPSA) is 0 Å². The summed E-state index contributed by atoms with van der Waals surface area (Å²) < 4.78 is 0. The largest absolute Gasteiger partial charge is 0.358 e. The maximum absolute atomic E-state index is 3.02. The van der Waals surface area contributed by atoms with E-state index in [0.29, 0.717) is 0 Å². The number of hydrogen-bond acceptors (Lipinski definition) is 0. The van der Waals surface area contributed by atoms with Gasteiger partial charge in [0.15, 0.2) is 0 Å². The fraction of sp³-hybridized carbons (Fsp3) is 0.350. The number of benzene rings is 2. The van der Waals surface area contributed by atoms with Crippen LogP contribution in [0.2, 0.25) is 0 Å². The zero-order chi connectivity index (χ0) is 14.9. The van der Waals surface area contributed by atoms with Crippen molar-refractivity contribution in [2.24, 2.45) is 0 Å². The zero-order valence-electron chi connectivity index (χ0n) is 15.0. The molecule has 0 unspecified atom stereocenters. The van der Waals surface area contributed by atoms with E-state index in [1.807, 2.05) is 59.7 Å². The van der Waals surface area contributed by atoms with Crippen LogP contribution in [0.4, 0.5) is 0 Å². The summed E-state index contributed by atoms with van der Waals surface area (Å²) in [5.41, 5.74) is 2.69. The van der Waals surface area contributed by atoms with Gasteiger partial charge in [-0.2, -0.15) is 35.9 Å². The van der Waals surface area contributed by atoms with E-state index in [0.717, 1.165) is 6.42 Å². The van der Waals surface area contributed by atoms with E-state index in [-0.39, 0.29) is 40.1 Å². The quantitative estimate of drug-likeness (QED) is 0.528. The van der Waals surface area contributed by atoms with E-state index in [1.165, 1.54) is 11.1 Å². The third-order valence-electron chi connectivity index (χ3n) is 2.04. The van der Waals surface area contributed by atoms with Crippen molar-refractivity contribution in [1.82, 2.24) is 0 Å². The summed E-state index contributed by atoms with van der Waals surface area (Å²) in [6, 6.07) is 21.6. The Morgan fingerprint density at radius 2 is 1.05 bits per heavy atom. The van der Waals surface area contributed by atoms with Crippen LogP contribution in [0.5, 0.6) is 0 Å². The van der Waals surface area contributed by atoms with Crippen molar-refractivity contribution in [1.29, 1.82) is 0 Å². The fourth-order valence-corrected chi connectivity index (χ4v) is 1.37. The van der Waals surface area contributed by atoms with Crippen molar-refractivity contribution in [2.75, 3.05) is 0 Å². The number of rotatable bonds is 2. The SMILES string of the molecule is CC.CC.CC.[CH3-].[Y].[c-]1ccc(Cc2ccccc2)cc1.